The van der Waals surface area contributed by atoms with Gasteiger partial charge in [-0.1, -0.05) is 72.5 Å². The molecule has 2 nitrogen and oxygen atoms in total. The second kappa shape index (κ2) is 7.97. The summed E-state index contributed by atoms with van der Waals surface area (Å²) in [7, 11) is 0. The van der Waals surface area contributed by atoms with E-state index in [0.29, 0.717) is 12.2 Å². The van der Waals surface area contributed by atoms with Crippen LogP contribution in [0.3, 0.4) is 0 Å². The zero-order valence-electron chi connectivity index (χ0n) is 16.8. The molecular weight excluding hydrogens is 366 g/mol. The lowest BCUT2D eigenvalue weighted by Crippen LogP contribution is -1.90. The van der Waals surface area contributed by atoms with E-state index in [4.69, 9.17) is 0 Å². The van der Waals surface area contributed by atoms with Crippen LogP contribution in [-0.2, 0) is 19.3 Å². The van der Waals surface area contributed by atoms with Gasteiger partial charge in [0, 0.05) is 36.0 Å². The molecule has 0 amide bonds. The van der Waals surface area contributed by atoms with Crippen LogP contribution in [0.25, 0.3) is 10.8 Å². The van der Waals surface area contributed by atoms with Crippen molar-refractivity contribution >= 4 is 16.5 Å². The fourth-order valence-corrected chi connectivity index (χ4v) is 4.10. The average molecular weight is 389 g/mol. The Morgan fingerprint density at radius 1 is 0.867 bits per heavy atom. The molecular formula is C28H23NO. The van der Waals surface area contributed by atoms with Gasteiger partial charge in [-0.3, -0.25) is 0 Å². The summed E-state index contributed by atoms with van der Waals surface area (Å²) in [5.41, 5.74) is 6.94. The first-order valence-electron chi connectivity index (χ1n) is 10.4. The van der Waals surface area contributed by atoms with Gasteiger partial charge in [0.2, 0.25) is 0 Å². The third-order valence-corrected chi connectivity index (χ3v) is 5.72. The van der Waals surface area contributed by atoms with Crippen LogP contribution in [0, 0.1) is 11.8 Å². The molecule has 0 aromatic heterocycles. The van der Waals surface area contributed by atoms with Crippen molar-refractivity contribution < 1.29 is 5.11 Å². The van der Waals surface area contributed by atoms with E-state index >= 15 is 0 Å². The summed E-state index contributed by atoms with van der Waals surface area (Å²) < 4.78 is 0. The molecule has 5 rings (SSSR count). The summed E-state index contributed by atoms with van der Waals surface area (Å²) >= 11 is 0. The SMILES string of the molecule is Oc1c(Cc2ccccc2)ccc2ccc(C#CCc3ccc4c(c3)CCN4)cc12. The molecule has 1 heterocycles. The van der Waals surface area contributed by atoms with E-state index in [1.54, 1.807) is 0 Å². The molecule has 0 saturated heterocycles. The van der Waals surface area contributed by atoms with Gasteiger partial charge in [-0.2, -0.15) is 0 Å². The largest absolute Gasteiger partial charge is 0.507 e. The number of benzene rings is 4. The molecule has 0 atom stereocenters. The first-order chi connectivity index (χ1) is 14.8. The molecule has 4 aromatic carbocycles. The number of nitrogens with one attached hydrogen (secondary N) is 1. The summed E-state index contributed by atoms with van der Waals surface area (Å²) in [5, 5.41) is 16.2. The Bertz CT molecular complexity index is 1280. The molecule has 0 fully saturated rings. The van der Waals surface area contributed by atoms with Crippen molar-refractivity contribution in [3.63, 3.8) is 0 Å². The van der Waals surface area contributed by atoms with E-state index in [-0.39, 0.29) is 0 Å². The van der Waals surface area contributed by atoms with Crippen LogP contribution >= 0.6 is 0 Å². The van der Waals surface area contributed by atoms with Crippen LogP contribution in [0.1, 0.15) is 27.8 Å². The smallest absolute Gasteiger partial charge is 0.126 e. The summed E-state index contributed by atoms with van der Waals surface area (Å²) in [6.07, 6.45) is 2.53. The van der Waals surface area contributed by atoms with Crippen molar-refractivity contribution in [3.05, 3.63) is 107 Å². The number of anilines is 1. The maximum absolute atomic E-state index is 10.9. The molecule has 4 aromatic rings. The predicted molar refractivity (Wildman–Crippen MR) is 124 cm³/mol. The van der Waals surface area contributed by atoms with Crippen molar-refractivity contribution in [3.8, 4) is 17.6 Å². The van der Waals surface area contributed by atoms with E-state index in [0.717, 1.165) is 41.3 Å². The molecule has 1 aliphatic rings. The molecule has 0 radical (unpaired) electrons. The molecule has 0 spiro atoms. The van der Waals surface area contributed by atoms with Gasteiger partial charge in [0.25, 0.3) is 0 Å². The zero-order valence-corrected chi connectivity index (χ0v) is 16.8. The molecule has 2 N–H and O–H groups in total. The van der Waals surface area contributed by atoms with Crippen LogP contribution in [0.4, 0.5) is 5.69 Å². The molecule has 0 aliphatic carbocycles. The summed E-state index contributed by atoms with van der Waals surface area (Å²) in [5.74, 6) is 6.92. The van der Waals surface area contributed by atoms with Gasteiger partial charge >= 0.3 is 0 Å². The van der Waals surface area contributed by atoms with Crippen LogP contribution in [-0.4, -0.2) is 11.7 Å². The molecule has 0 unspecified atom stereocenters. The Labute approximate surface area is 177 Å². The van der Waals surface area contributed by atoms with Gasteiger partial charge in [0.15, 0.2) is 0 Å². The summed E-state index contributed by atoms with van der Waals surface area (Å²) in [6, 6.07) is 26.9. The van der Waals surface area contributed by atoms with E-state index in [9.17, 15) is 5.11 Å². The Hall–Kier alpha value is -3.70. The first-order valence-corrected chi connectivity index (χ1v) is 10.4. The van der Waals surface area contributed by atoms with Gasteiger partial charge in [-0.05, 0) is 52.3 Å². The standard InChI is InChI=1S/C28H23NO/c30-28-25(18-20-5-2-1-3-6-20)13-12-23-11-9-22(19-26(23)28)8-4-7-21-10-14-27-24(17-21)15-16-29-27/h1-3,5-6,9-14,17,19,29-30H,7,15-16,18H2. The molecule has 1 aliphatic heterocycles. The highest BCUT2D eigenvalue weighted by Gasteiger charge is 2.10. The minimum absolute atomic E-state index is 0.353. The third-order valence-electron chi connectivity index (χ3n) is 5.72. The molecule has 146 valence electrons. The summed E-state index contributed by atoms with van der Waals surface area (Å²) in [6.45, 7) is 1.03. The van der Waals surface area contributed by atoms with Crippen molar-refractivity contribution in [1.29, 1.82) is 0 Å². The van der Waals surface area contributed by atoms with Crippen LogP contribution in [0.15, 0.2) is 78.9 Å². The lowest BCUT2D eigenvalue weighted by Gasteiger charge is -2.09. The Morgan fingerprint density at radius 2 is 1.73 bits per heavy atom. The molecule has 0 saturated carbocycles. The van der Waals surface area contributed by atoms with E-state index in [2.05, 4.69) is 53.6 Å². The molecule has 2 heteroatoms. The van der Waals surface area contributed by atoms with Crippen LogP contribution in [0.2, 0.25) is 0 Å². The highest BCUT2D eigenvalue weighted by atomic mass is 16.3. The number of phenols is 1. The fraction of sp³-hybridized carbons (Fsp3) is 0.143. The zero-order chi connectivity index (χ0) is 20.3. The van der Waals surface area contributed by atoms with Crippen LogP contribution in [0.5, 0.6) is 5.75 Å². The lowest BCUT2D eigenvalue weighted by atomic mass is 9.98. The Morgan fingerprint density at radius 3 is 2.63 bits per heavy atom. The fourth-order valence-electron chi connectivity index (χ4n) is 4.10. The van der Waals surface area contributed by atoms with Gasteiger partial charge in [-0.15, -0.1) is 0 Å². The highest BCUT2D eigenvalue weighted by molar-refractivity contribution is 5.90. The van der Waals surface area contributed by atoms with Crippen LogP contribution < -0.4 is 5.32 Å². The third kappa shape index (κ3) is 3.75. The maximum Gasteiger partial charge on any atom is 0.126 e. The maximum atomic E-state index is 10.9. The molecule has 30 heavy (non-hydrogen) atoms. The summed E-state index contributed by atoms with van der Waals surface area (Å²) in [4.78, 5) is 0. The van der Waals surface area contributed by atoms with Gasteiger partial charge < -0.3 is 10.4 Å². The molecule has 0 bridgehead atoms. The number of hydrogen-bond acceptors (Lipinski definition) is 2. The normalized spacial score (nSPS) is 12.1. The Kier molecular flexibility index (Phi) is 4.87. The minimum atomic E-state index is 0.353. The number of phenolic OH excluding ortho intramolecular Hbond substituents is 1. The number of rotatable bonds is 3. The quantitative estimate of drug-likeness (QED) is 0.441. The monoisotopic (exact) mass is 389 g/mol. The van der Waals surface area contributed by atoms with E-state index in [1.165, 1.54) is 22.4 Å². The lowest BCUT2D eigenvalue weighted by molar-refractivity contribution is 0.476. The first kappa shape index (κ1) is 18.3. The topological polar surface area (TPSA) is 32.3 Å². The number of aromatic hydroxyl groups is 1. The van der Waals surface area contributed by atoms with E-state index in [1.807, 2.05) is 42.5 Å². The van der Waals surface area contributed by atoms with Gasteiger partial charge in [0.05, 0.1) is 0 Å². The Balaban J connectivity index is 1.39. The second-order valence-electron chi connectivity index (χ2n) is 7.82. The van der Waals surface area contributed by atoms with E-state index < -0.39 is 0 Å². The minimum Gasteiger partial charge on any atom is -0.507 e. The predicted octanol–water partition coefficient (Wildman–Crippen LogP) is 5.70. The number of fused-ring (bicyclic) bond motifs is 2. The second-order valence-corrected chi connectivity index (χ2v) is 7.82. The van der Waals surface area contributed by atoms with Gasteiger partial charge in [-0.25, -0.2) is 0 Å². The van der Waals surface area contributed by atoms with Crippen molar-refractivity contribution in [2.45, 2.75) is 19.3 Å². The average Bonchev–Trinajstić information content (AvgIpc) is 3.25. The van der Waals surface area contributed by atoms with Crippen molar-refractivity contribution in [1.82, 2.24) is 0 Å². The van der Waals surface area contributed by atoms with Crippen molar-refractivity contribution in [2.24, 2.45) is 0 Å². The van der Waals surface area contributed by atoms with Gasteiger partial charge in [0.1, 0.15) is 5.75 Å². The number of hydrogen-bond donors (Lipinski definition) is 2. The van der Waals surface area contributed by atoms with Crippen molar-refractivity contribution in [2.75, 3.05) is 11.9 Å². The highest BCUT2D eigenvalue weighted by Crippen LogP contribution is 2.31.